The van der Waals surface area contributed by atoms with Crippen LogP contribution in [0.25, 0.3) is 0 Å². The Morgan fingerprint density at radius 1 is 1.23 bits per heavy atom. The van der Waals surface area contributed by atoms with Crippen LogP contribution >= 0.6 is 0 Å². The number of hydrogen-bond donors (Lipinski definition) is 1. The SMILES string of the molecule is CCCCNS(=O)(=O)c1ccc(C(=O)N2CCOCC2)cc1. The summed E-state index contributed by atoms with van der Waals surface area (Å²) in [7, 11) is -3.49. The van der Waals surface area contributed by atoms with Gasteiger partial charge >= 0.3 is 0 Å². The maximum absolute atomic E-state index is 12.3. The number of nitrogens with zero attached hydrogens (tertiary/aromatic N) is 1. The lowest BCUT2D eigenvalue weighted by Gasteiger charge is -2.26. The highest BCUT2D eigenvalue weighted by Crippen LogP contribution is 2.13. The highest BCUT2D eigenvalue weighted by molar-refractivity contribution is 7.89. The van der Waals surface area contributed by atoms with Crippen molar-refractivity contribution in [2.75, 3.05) is 32.8 Å². The fourth-order valence-corrected chi connectivity index (χ4v) is 3.27. The molecule has 1 saturated heterocycles. The molecule has 1 fully saturated rings. The Balaban J connectivity index is 2.04. The van der Waals surface area contributed by atoms with Crippen LogP contribution in [0.2, 0.25) is 0 Å². The van der Waals surface area contributed by atoms with Crippen LogP contribution in [0.3, 0.4) is 0 Å². The Morgan fingerprint density at radius 2 is 1.86 bits per heavy atom. The molecule has 0 saturated carbocycles. The van der Waals surface area contributed by atoms with Gasteiger partial charge in [0.25, 0.3) is 5.91 Å². The fourth-order valence-electron chi connectivity index (χ4n) is 2.19. The fraction of sp³-hybridized carbons (Fsp3) is 0.533. The minimum atomic E-state index is -3.49. The molecule has 7 heteroatoms. The number of unbranched alkanes of at least 4 members (excludes halogenated alkanes) is 1. The molecule has 1 aliphatic heterocycles. The molecule has 0 unspecified atom stereocenters. The third kappa shape index (κ3) is 4.28. The Hall–Kier alpha value is -1.44. The Bertz CT molecular complexity index is 592. The Kier molecular flexibility index (Phi) is 5.93. The second-order valence-electron chi connectivity index (χ2n) is 5.18. The van der Waals surface area contributed by atoms with Crippen LogP contribution in [0.5, 0.6) is 0 Å². The summed E-state index contributed by atoms with van der Waals surface area (Å²) >= 11 is 0. The van der Waals surface area contributed by atoms with E-state index in [1.54, 1.807) is 17.0 Å². The second kappa shape index (κ2) is 7.71. The molecule has 0 spiro atoms. The van der Waals surface area contributed by atoms with Crippen molar-refractivity contribution in [3.63, 3.8) is 0 Å². The van der Waals surface area contributed by atoms with Crippen molar-refractivity contribution in [3.05, 3.63) is 29.8 Å². The highest BCUT2D eigenvalue weighted by Gasteiger charge is 2.19. The molecule has 0 bridgehead atoms. The smallest absolute Gasteiger partial charge is 0.254 e. The van der Waals surface area contributed by atoms with E-state index in [1.807, 2.05) is 6.92 Å². The van der Waals surface area contributed by atoms with Gasteiger partial charge in [-0.25, -0.2) is 13.1 Å². The summed E-state index contributed by atoms with van der Waals surface area (Å²) in [5.41, 5.74) is 0.495. The molecule has 1 N–H and O–H groups in total. The van der Waals surface area contributed by atoms with Gasteiger partial charge in [0.1, 0.15) is 0 Å². The number of hydrogen-bond acceptors (Lipinski definition) is 4. The van der Waals surface area contributed by atoms with Gasteiger partial charge in [-0.15, -0.1) is 0 Å². The quantitative estimate of drug-likeness (QED) is 0.798. The van der Waals surface area contributed by atoms with Gasteiger partial charge in [0, 0.05) is 25.2 Å². The average Bonchev–Trinajstić information content (AvgIpc) is 2.55. The monoisotopic (exact) mass is 326 g/mol. The van der Waals surface area contributed by atoms with Crippen LogP contribution < -0.4 is 4.72 Å². The van der Waals surface area contributed by atoms with E-state index >= 15 is 0 Å². The number of nitrogens with one attached hydrogen (secondary N) is 1. The molecular weight excluding hydrogens is 304 g/mol. The lowest BCUT2D eigenvalue weighted by Crippen LogP contribution is -2.40. The first-order valence-corrected chi connectivity index (χ1v) is 8.99. The van der Waals surface area contributed by atoms with Gasteiger partial charge in [-0.2, -0.15) is 0 Å². The minimum absolute atomic E-state index is 0.0915. The van der Waals surface area contributed by atoms with Gasteiger partial charge in [0.05, 0.1) is 18.1 Å². The van der Waals surface area contributed by atoms with E-state index in [0.717, 1.165) is 12.8 Å². The van der Waals surface area contributed by atoms with Gasteiger partial charge in [-0.05, 0) is 30.7 Å². The molecular formula is C15H22N2O4S. The first-order chi connectivity index (χ1) is 10.5. The number of ether oxygens (including phenoxy) is 1. The summed E-state index contributed by atoms with van der Waals surface area (Å²) in [4.78, 5) is 14.2. The summed E-state index contributed by atoms with van der Waals surface area (Å²) < 4.78 is 31.9. The summed E-state index contributed by atoms with van der Waals surface area (Å²) in [6, 6.07) is 6.07. The predicted octanol–water partition coefficient (Wildman–Crippen LogP) is 1.24. The van der Waals surface area contributed by atoms with Gasteiger partial charge in [0.2, 0.25) is 10.0 Å². The van der Waals surface area contributed by atoms with E-state index < -0.39 is 10.0 Å². The molecule has 1 aliphatic rings. The molecule has 1 heterocycles. The Morgan fingerprint density at radius 3 is 2.45 bits per heavy atom. The van der Waals surface area contributed by atoms with Crippen molar-refractivity contribution in [2.24, 2.45) is 0 Å². The molecule has 1 amide bonds. The third-order valence-corrected chi connectivity index (χ3v) is 5.01. The molecule has 0 radical (unpaired) electrons. The van der Waals surface area contributed by atoms with E-state index in [1.165, 1.54) is 12.1 Å². The van der Waals surface area contributed by atoms with Crippen molar-refractivity contribution in [3.8, 4) is 0 Å². The van der Waals surface area contributed by atoms with Crippen LogP contribution in [0.1, 0.15) is 30.1 Å². The van der Waals surface area contributed by atoms with Crippen molar-refractivity contribution in [2.45, 2.75) is 24.7 Å². The van der Waals surface area contributed by atoms with Crippen LogP contribution in [-0.4, -0.2) is 52.1 Å². The maximum Gasteiger partial charge on any atom is 0.254 e. The molecule has 2 rings (SSSR count). The summed E-state index contributed by atoms with van der Waals surface area (Å²) in [5.74, 6) is -0.0915. The van der Waals surface area contributed by atoms with Crippen molar-refractivity contribution < 1.29 is 17.9 Å². The van der Waals surface area contributed by atoms with E-state index in [9.17, 15) is 13.2 Å². The molecule has 1 aromatic rings. The molecule has 0 atom stereocenters. The molecule has 0 aliphatic carbocycles. The van der Waals surface area contributed by atoms with Crippen LogP contribution in [0.15, 0.2) is 29.2 Å². The van der Waals surface area contributed by atoms with E-state index in [2.05, 4.69) is 4.72 Å². The number of amides is 1. The maximum atomic E-state index is 12.3. The number of benzene rings is 1. The summed E-state index contributed by atoms with van der Waals surface area (Å²) in [5, 5.41) is 0. The van der Waals surface area contributed by atoms with Crippen LogP contribution in [0.4, 0.5) is 0 Å². The normalized spacial score (nSPS) is 15.8. The zero-order valence-electron chi connectivity index (χ0n) is 12.7. The zero-order chi connectivity index (χ0) is 16.0. The molecule has 1 aromatic carbocycles. The standard InChI is InChI=1S/C15H22N2O4S/c1-2-3-8-16-22(19,20)14-6-4-13(5-7-14)15(18)17-9-11-21-12-10-17/h4-7,16H,2-3,8-12H2,1H3. The number of carbonyl (C=O) groups excluding carboxylic acids is 1. The van der Waals surface area contributed by atoms with Crippen LogP contribution in [0, 0.1) is 0 Å². The first kappa shape index (κ1) is 16.9. The van der Waals surface area contributed by atoms with E-state index in [-0.39, 0.29) is 10.8 Å². The molecule has 122 valence electrons. The summed E-state index contributed by atoms with van der Waals surface area (Å²) in [6.07, 6.45) is 1.72. The van der Waals surface area contributed by atoms with Gasteiger partial charge in [-0.3, -0.25) is 4.79 Å². The number of morpholine rings is 1. The zero-order valence-corrected chi connectivity index (χ0v) is 13.6. The first-order valence-electron chi connectivity index (χ1n) is 7.51. The number of sulfonamides is 1. The van der Waals surface area contributed by atoms with Crippen molar-refractivity contribution in [1.29, 1.82) is 0 Å². The average molecular weight is 326 g/mol. The largest absolute Gasteiger partial charge is 0.378 e. The predicted molar refractivity (Wildman–Crippen MR) is 83.3 cm³/mol. The van der Waals surface area contributed by atoms with Crippen LogP contribution in [-0.2, 0) is 14.8 Å². The van der Waals surface area contributed by atoms with Gasteiger partial charge in [0.15, 0.2) is 0 Å². The number of carbonyl (C=O) groups is 1. The lowest BCUT2D eigenvalue weighted by molar-refractivity contribution is 0.0303. The third-order valence-electron chi connectivity index (χ3n) is 3.53. The summed E-state index contributed by atoms with van der Waals surface area (Å²) in [6.45, 7) is 4.64. The van der Waals surface area contributed by atoms with E-state index in [0.29, 0.717) is 38.4 Å². The molecule has 6 nitrogen and oxygen atoms in total. The van der Waals surface area contributed by atoms with Gasteiger partial charge in [-0.1, -0.05) is 13.3 Å². The van der Waals surface area contributed by atoms with E-state index in [4.69, 9.17) is 4.74 Å². The topological polar surface area (TPSA) is 75.7 Å². The Labute approximate surface area is 131 Å². The highest BCUT2D eigenvalue weighted by atomic mass is 32.2. The minimum Gasteiger partial charge on any atom is -0.378 e. The molecule has 22 heavy (non-hydrogen) atoms. The molecule has 0 aromatic heterocycles. The number of rotatable bonds is 6. The van der Waals surface area contributed by atoms with Gasteiger partial charge < -0.3 is 9.64 Å². The second-order valence-corrected chi connectivity index (χ2v) is 6.95. The van der Waals surface area contributed by atoms with Crippen molar-refractivity contribution in [1.82, 2.24) is 9.62 Å². The van der Waals surface area contributed by atoms with Crippen molar-refractivity contribution >= 4 is 15.9 Å². The lowest BCUT2D eigenvalue weighted by atomic mass is 10.2.